The van der Waals surface area contributed by atoms with Crippen molar-refractivity contribution < 1.29 is 4.79 Å². The third kappa shape index (κ3) is 3.31. The first-order valence-corrected chi connectivity index (χ1v) is 7.36. The Balaban J connectivity index is 0.00000176. The molecule has 1 aliphatic rings. The summed E-state index contributed by atoms with van der Waals surface area (Å²) < 4.78 is 1.75. The van der Waals surface area contributed by atoms with E-state index < -0.39 is 0 Å². The van der Waals surface area contributed by atoms with Crippen LogP contribution in [0.15, 0.2) is 42.6 Å². The van der Waals surface area contributed by atoms with Crippen LogP contribution >= 0.6 is 12.4 Å². The standard InChI is InChI=1S/C16H20N4O.ClH/c1-17-12-14-8-5-10-19(14)16(21)15-9-11-20(18-15)13-6-3-2-4-7-13;/h2-4,6-7,9,11,14,17H,5,8,10,12H2,1H3;1H. The SMILES string of the molecule is CNCC1CCCN1C(=O)c1ccn(-c2ccccc2)n1.Cl. The Bertz CT molecular complexity index is 614. The third-order valence-corrected chi connectivity index (χ3v) is 3.91. The zero-order valence-corrected chi connectivity index (χ0v) is 13.4. The van der Waals surface area contributed by atoms with Crippen LogP contribution in [0.25, 0.3) is 5.69 Å². The van der Waals surface area contributed by atoms with Gasteiger partial charge in [0.25, 0.3) is 5.91 Å². The fourth-order valence-electron chi connectivity index (χ4n) is 2.86. The van der Waals surface area contributed by atoms with Crippen molar-refractivity contribution in [2.24, 2.45) is 0 Å². The molecule has 1 fully saturated rings. The number of hydrogen-bond donors (Lipinski definition) is 1. The van der Waals surface area contributed by atoms with Crippen molar-refractivity contribution in [2.45, 2.75) is 18.9 Å². The van der Waals surface area contributed by atoms with Gasteiger partial charge < -0.3 is 10.2 Å². The monoisotopic (exact) mass is 320 g/mol. The molecule has 1 aromatic carbocycles. The fraction of sp³-hybridized carbons (Fsp3) is 0.375. The van der Waals surface area contributed by atoms with Crippen LogP contribution in [0.5, 0.6) is 0 Å². The summed E-state index contributed by atoms with van der Waals surface area (Å²) >= 11 is 0. The zero-order chi connectivity index (χ0) is 14.7. The Morgan fingerprint density at radius 2 is 2.09 bits per heavy atom. The molecule has 0 radical (unpaired) electrons. The Morgan fingerprint density at radius 3 is 2.82 bits per heavy atom. The average molecular weight is 321 g/mol. The molecule has 1 unspecified atom stereocenters. The first-order valence-electron chi connectivity index (χ1n) is 7.36. The lowest BCUT2D eigenvalue weighted by molar-refractivity contribution is 0.0730. The molecular formula is C16H21ClN4O. The van der Waals surface area contributed by atoms with E-state index in [1.165, 1.54) is 0 Å². The van der Waals surface area contributed by atoms with Crippen LogP contribution in [0.2, 0.25) is 0 Å². The smallest absolute Gasteiger partial charge is 0.274 e. The van der Waals surface area contributed by atoms with E-state index in [1.54, 1.807) is 10.7 Å². The highest BCUT2D eigenvalue weighted by atomic mass is 35.5. The topological polar surface area (TPSA) is 50.2 Å². The van der Waals surface area contributed by atoms with Crippen LogP contribution in [0, 0.1) is 0 Å². The van der Waals surface area contributed by atoms with Gasteiger partial charge >= 0.3 is 0 Å². The van der Waals surface area contributed by atoms with E-state index >= 15 is 0 Å². The molecule has 3 rings (SSSR count). The van der Waals surface area contributed by atoms with Crippen LogP contribution in [0.4, 0.5) is 0 Å². The number of rotatable bonds is 4. The number of carbonyl (C=O) groups is 1. The molecule has 1 aromatic heterocycles. The Labute approximate surface area is 136 Å². The molecule has 22 heavy (non-hydrogen) atoms. The number of benzene rings is 1. The molecular weight excluding hydrogens is 300 g/mol. The number of nitrogens with one attached hydrogen (secondary N) is 1. The van der Waals surface area contributed by atoms with E-state index in [0.29, 0.717) is 5.69 Å². The van der Waals surface area contributed by atoms with Gasteiger partial charge in [0.05, 0.1) is 5.69 Å². The number of likely N-dealkylation sites (tertiary alicyclic amines) is 1. The van der Waals surface area contributed by atoms with Crippen molar-refractivity contribution in [1.82, 2.24) is 20.0 Å². The predicted molar refractivity (Wildman–Crippen MR) is 88.8 cm³/mol. The Kier molecular flexibility index (Phi) is 5.57. The highest BCUT2D eigenvalue weighted by Gasteiger charge is 2.29. The summed E-state index contributed by atoms with van der Waals surface area (Å²) in [4.78, 5) is 14.5. The third-order valence-electron chi connectivity index (χ3n) is 3.91. The van der Waals surface area contributed by atoms with Gasteiger partial charge in [0.2, 0.25) is 0 Å². The van der Waals surface area contributed by atoms with E-state index in [4.69, 9.17) is 0 Å². The summed E-state index contributed by atoms with van der Waals surface area (Å²) in [6, 6.07) is 11.9. The van der Waals surface area contributed by atoms with Crippen molar-refractivity contribution in [2.75, 3.05) is 20.1 Å². The first-order chi connectivity index (χ1) is 10.3. The van der Waals surface area contributed by atoms with Crippen molar-refractivity contribution in [1.29, 1.82) is 0 Å². The lowest BCUT2D eigenvalue weighted by Crippen LogP contribution is -2.41. The molecule has 0 saturated carbocycles. The van der Waals surface area contributed by atoms with Crippen LogP contribution in [0.3, 0.4) is 0 Å². The number of carbonyl (C=O) groups excluding carboxylic acids is 1. The molecule has 0 aliphatic carbocycles. The van der Waals surface area contributed by atoms with E-state index in [0.717, 1.165) is 31.6 Å². The van der Waals surface area contributed by atoms with Crippen molar-refractivity contribution in [3.63, 3.8) is 0 Å². The molecule has 6 heteroatoms. The van der Waals surface area contributed by atoms with Crippen LogP contribution in [0.1, 0.15) is 23.3 Å². The van der Waals surface area contributed by atoms with E-state index in [9.17, 15) is 4.79 Å². The lowest BCUT2D eigenvalue weighted by atomic mass is 10.2. The Morgan fingerprint density at radius 1 is 1.32 bits per heavy atom. The van der Waals surface area contributed by atoms with Gasteiger partial charge in [0.1, 0.15) is 0 Å². The summed E-state index contributed by atoms with van der Waals surface area (Å²) in [6.07, 6.45) is 3.97. The minimum Gasteiger partial charge on any atom is -0.333 e. The molecule has 1 aliphatic heterocycles. The van der Waals surface area contributed by atoms with Gasteiger partial charge in [-0.2, -0.15) is 5.10 Å². The second-order valence-corrected chi connectivity index (χ2v) is 5.33. The van der Waals surface area contributed by atoms with E-state index in [2.05, 4.69) is 10.4 Å². The summed E-state index contributed by atoms with van der Waals surface area (Å²) in [7, 11) is 1.92. The predicted octanol–water partition coefficient (Wildman–Crippen LogP) is 2.12. The number of para-hydroxylation sites is 1. The number of nitrogens with zero attached hydrogens (tertiary/aromatic N) is 3. The number of hydrogen-bond acceptors (Lipinski definition) is 3. The molecule has 118 valence electrons. The van der Waals surface area contributed by atoms with Crippen LogP contribution < -0.4 is 5.32 Å². The average Bonchev–Trinajstić information content (AvgIpc) is 3.17. The van der Waals surface area contributed by atoms with Crippen LogP contribution in [-0.2, 0) is 0 Å². The highest BCUT2D eigenvalue weighted by molar-refractivity contribution is 5.92. The molecule has 2 aromatic rings. The van der Waals surface area contributed by atoms with Gasteiger partial charge in [0, 0.05) is 25.3 Å². The molecule has 1 atom stereocenters. The number of halogens is 1. The van der Waals surface area contributed by atoms with Crippen molar-refractivity contribution in [3.05, 3.63) is 48.3 Å². The van der Waals surface area contributed by atoms with Crippen molar-refractivity contribution in [3.8, 4) is 5.69 Å². The molecule has 1 saturated heterocycles. The molecule has 0 bridgehead atoms. The van der Waals surface area contributed by atoms with Crippen LogP contribution in [-0.4, -0.2) is 46.8 Å². The summed E-state index contributed by atoms with van der Waals surface area (Å²) in [6.45, 7) is 1.66. The second-order valence-electron chi connectivity index (χ2n) is 5.33. The lowest BCUT2D eigenvalue weighted by Gasteiger charge is -2.23. The second kappa shape index (κ2) is 7.42. The molecule has 1 amide bonds. The normalized spacial score (nSPS) is 17.3. The van der Waals surface area contributed by atoms with Crippen molar-refractivity contribution >= 4 is 18.3 Å². The molecule has 5 nitrogen and oxygen atoms in total. The molecule has 2 heterocycles. The van der Waals surface area contributed by atoms with Gasteiger partial charge in [-0.1, -0.05) is 18.2 Å². The number of aromatic nitrogens is 2. The molecule has 0 spiro atoms. The minimum atomic E-state index is 0. The summed E-state index contributed by atoms with van der Waals surface area (Å²) in [5, 5.41) is 7.58. The van der Waals surface area contributed by atoms with E-state index in [1.807, 2.05) is 48.5 Å². The number of amides is 1. The van der Waals surface area contributed by atoms with Gasteiger partial charge in [0.15, 0.2) is 5.69 Å². The van der Waals surface area contributed by atoms with Gasteiger partial charge in [-0.15, -0.1) is 12.4 Å². The van der Waals surface area contributed by atoms with Gasteiger partial charge in [-0.05, 0) is 38.1 Å². The summed E-state index contributed by atoms with van der Waals surface area (Å²) in [5.74, 6) is 0.0300. The quantitative estimate of drug-likeness (QED) is 0.939. The maximum absolute atomic E-state index is 12.6. The largest absolute Gasteiger partial charge is 0.333 e. The maximum Gasteiger partial charge on any atom is 0.274 e. The highest BCUT2D eigenvalue weighted by Crippen LogP contribution is 2.19. The zero-order valence-electron chi connectivity index (χ0n) is 12.6. The Hall–Kier alpha value is -1.85. The summed E-state index contributed by atoms with van der Waals surface area (Å²) in [5.41, 5.74) is 1.48. The van der Waals surface area contributed by atoms with Gasteiger partial charge in [-0.3, -0.25) is 4.79 Å². The maximum atomic E-state index is 12.6. The van der Waals surface area contributed by atoms with Gasteiger partial charge in [-0.25, -0.2) is 4.68 Å². The minimum absolute atomic E-state index is 0. The number of likely N-dealkylation sites (N-methyl/N-ethyl adjacent to an activating group) is 1. The first kappa shape index (κ1) is 16.5. The fourth-order valence-corrected chi connectivity index (χ4v) is 2.86. The molecule has 1 N–H and O–H groups in total. The van der Waals surface area contributed by atoms with E-state index in [-0.39, 0.29) is 24.4 Å².